The van der Waals surface area contributed by atoms with Crippen LogP contribution in [0.5, 0.6) is 5.75 Å². The zero-order chi connectivity index (χ0) is 26.9. The third-order valence-corrected chi connectivity index (χ3v) is 8.86. The van der Waals surface area contributed by atoms with E-state index in [4.69, 9.17) is 21.3 Å². The molecule has 1 aromatic heterocycles. The SMILES string of the molecule is C=CCc1c(CCCC2CCN(CCCN3CCCCC3)CC2)ccc2[nH]c(COc3ccc(Cl)cc3)nc12. The summed E-state index contributed by atoms with van der Waals surface area (Å²) >= 11 is 5.98. The maximum Gasteiger partial charge on any atom is 0.146 e. The first kappa shape index (κ1) is 28.2. The lowest BCUT2D eigenvalue weighted by atomic mass is 9.89. The minimum Gasteiger partial charge on any atom is -0.486 e. The molecule has 1 N–H and O–H groups in total. The predicted octanol–water partition coefficient (Wildman–Crippen LogP) is 7.43. The van der Waals surface area contributed by atoms with Gasteiger partial charge >= 0.3 is 0 Å². The number of allylic oxidation sites excluding steroid dienone is 1. The van der Waals surface area contributed by atoms with Crippen LogP contribution < -0.4 is 4.74 Å². The van der Waals surface area contributed by atoms with Gasteiger partial charge < -0.3 is 19.5 Å². The second-order valence-corrected chi connectivity index (χ2v) is 11.9. The number of halogens is 1. The highest BCUT2D eigenvalue weighted by atomic mass is 35.5. The molecule has 6 heteroatoms. The Morgan fingerprint density at radius 2 is 1.69 bits per heavy atom. The second-order valence-electron chi connectivity index (χ2n) is 11.5. The minimum atomic E-state index is 0.399. The zero-order valence-electron chi connectivity index (χ0n) is 23.5. The maximum absolute atomic E-state index is 5.98. The summed E-state index contributed by atoms with van der Waals surface area (Å²) < 4.78 is 5.92. The Morgan fingerprint density at radius 3 is 2.44 bits per heavy atom. The van der Waals surface area contributed by atoms with E-state index in [0.29, 0.717) is 11.6 Å². The molecular weight excluding hydrogens is 504 g/mol. The number of likely N-dealkylation sites (tertiary alicyclic amines) is 2. The normalized spacial score (nSPS) is 17.6. The van der Waals surface area contributed by atoms with Crippen LogP contribution in [-0.2, 0) is 19.4 Å². The van der Waals surface area contributed by atoms with Gasteiger partial charge in [-0.15, -0.1) is 6.58 Å². The lowest BCUT2D eigenvalue weighted by Gasteiger charge is -2.33. The molecule has 5 rings (SSSR count). The number of piperidine rings is 2. The summed E-state index contributed by atoms with van der Waals surface area (Å²) in [6.07, 6.45) is 14.8. The van der Waals surface area contributed by atoms with Crippen molar-refractivity contribution in [2.45, 2.75) is 70.8 Å². The fraction of sp³-hybridized carbons (Fsp3) is 0.545. The smallest absolute Gasteiger partial charge is 0.146 e. The molecule has 0 spiro atoms. The number of rotatable bonds is 13. The van der Waals surface area contributed by atoms with Crippen LogP contribution in [0.2, 0.25) is 5.02 Å². The van der Waals surface area contributed by atoms with Crippen molar-refractivity contribution in [1.29, 1.82) is 0 Å². The van der Waals surface area contributed by atoms with E-state index in [9.17, 15) is 0 Å². The highest BCUT2D eigenvalue weighted by molar-refractivity contribution is 6.30. The van der Waals surface area contributed by atoms with Gasteiger partial charge in [0.25, 0.3) is 0 Å². The number of aryl methyl sites for hydroxylation is 1. The topological polar surface area (TPSA) is 44.4 Å². The average molecular weight is 549 g/mol. The van der Waals surface area contributed by atoms with Crippen molar-refractivity contribution in [2.75, 3.05) is 39.3 Å². The number of ether oxygens (including phenoxy) is 1. The van der Waals surface area contributed by atoms with Crippen LogP contribution in [0.15, 0.2) is 49.1 Å². The van der Waals surface area contributed by atoms with Gasteiger partial charge in [-0.1, -0.05) is 36.6 Å². The van der Waals surface area contributed by atoms with Gasteiger partial charge in [0.05, 0.1) is 11.0 Å². The number of aromatic amines is 1. The summed E-state index contributed by atoms with van der Waals surface area (Å²) in [5, 5.41) is 0.705. The van der Waals surface area contributed by atoms with Gasteiger partial charge in [0.15, 0.2) is 0 Å². The predicted molar refractivity (Wildman–Crippen MR) is 163 cm³/mol. The summed E-state index contributed by atoms with van der Waals surface area (Å²) in [6, 6.07) is 11.9. The molecule has 0 aliphatic carbocycles. The van der Waals surface area contributed by atoms with Gasteiger partial charge in [0.1, 0.15) is 18.2 Å². The number of aromatic nitrogens is 2. The highest BCUT2D eigenvalue weighted by Crippen LogP contribution is 2.27. The molecule has 3 aromatic rings. The van der Waals surface area contributed by atoms with Crippen molar-refractivity contribution in [1.82, 2.24) is 19.8 Å². The number of hydrogen-bond acceptors (Lipinski definition) is 4. The Labute approximate surface area is 239 Å². The molecule has 39 heavy (non-hydrogen) atoms. The monoisotopic (exact) mass is 548 g/mol. The molecule has 3 heterocycles. The second kappa shape index (κ2) is 14.3. The maximum atomic E-state index is 5.98. The van der Waals surface area contributed by atoms with Gasteiger partial charge in [0, 0.05) is 5.02 Å². The van der Waals surface area contributed by atoms with E-state index >= 15 is 0 Å². The van der Waals surface area contributed by atoms with E-state index in [1.165, 1.54) is 102 Å². The van der Waals surface area contributed by atoms with E-state index in [-0.39, 0.29) is 0 Å². The van der Waals surface area contributed by atoms with Crippen LogP contribution in [0, 0.1) is 5.92 Å². The largest absolute Gasteiger partial charge is 0.486 e. The van der Waals surface area contributed by atoms with Gasteiger partial charge in [-0.25, -0.2) is 4.98 Å². The number of imidazole rings is 1. The van der Waals surface area contributed by atoms with E-state index in [0.717, 1.165) is 41.4 Å². The molecule has 210 valence electrons. The Bertz CT molecular complexity index is 1180. The first-order valence-corrected chi connectivity index (χ1v) is 15.5. The molecule has 2 saturated heterocycles. The molecule has 2 fully saturated rings. The molecule has 0 atom stereocenters. The van der Waals surface area contributed by atoms with Crippen molar-refractivity contribution in [3.8, 4) is 5.75 Å². The lowest BCUT2D eigenvalue weighted by Crippen LogP contribution is -2.37. The summed E-state index contributed by atoms with van der Waals surface area (Å²) in [7, 11) is 0. The van der Waals surface area contributed by atoms with Crippen LogP contribution in [0.1, 0.15) is 68.3 Å². The fourth-order valence-electron chi connectivity index (χ4n) is 6.36. The Balaban J connectivity index is 1.08. The number of nitrogens with zero attached hydrogens (tertiary/aromatic N) is 3. The molecule has 0 bridgehead atoms. The molecule has 0 unspecified atom stereocenters. The molecular formula is C33H45ClN4O. The lowest BCUT2D eigenvalue weighted by molar-refractivity contribution is 0.160. The standard InChI is InChI=1S/C33H45ClN4O/c1-2-8-30-27(11-16-31-33(30)36-32(35-31)25-39-29-14-12-28(34)13-15-29)10-6-9-26-17-23-38(24-18-26)22-7-21-37-19-4-3-5-20-37/h2,11-16,26H,1,3-10,17-25H2,(H,35,36). The van der Waals surface area contributed by atoms with Crippen LogP contribution >= 0.6 is 11.6 Å². The quantitative estimate of drug-likeness (QED) is 0.225. The van der Waals surface area contributed by atoms with E-state index in [1.807, 2.05) is 30.3 Å². The van der Waals surface area contributed by atoms with Crippen molar-refractivity contribution in [3.63, 3.8) is 0 Å². The van der Waals surface area contributed by atoms with Crippen molar-refractivity contribution >= 4 is 22.6 Å². The molecule has 0 amide bonds. The van der Waals surface area contributed by atoms with Crippen LogP contribution in [0.3, 0.4) is 0 Å². The van der Waals surface area contributed by atoms with Crippen LogP contribution in [0.4, 0.5) is 0 Å². The summed E-state index contributed by atoms with van der Waals surface area (Å²) in [6.45, 7) is 12.2. The summed E-state index contributed by atoms with van der Waals surface area (Å²) in [4.78, 5) is 13.8. The summed E-state index contributed by atoms with van der Waals surface area (Å²) in [5.74, 6) is 2.50. The first-order chi connectivity index (χ1) is 19.2. The number of nitrogens with one attached hydrogen (secondary N) is 1. The van der Waals surface area contributed by atoms with Crippen molar-refractivity contribution in [3.05, 3.63) is 71.0 Å². The zero-order valence-corrected chi connectivity index (χ0v) is 24.2. The minimum absolute atomic E-state index is 0.399. The van der Waals surface area contributed by atoms with E-state index in [2.05, 4.69) is 33.5 Å². The van der Waals surface area contributed by atoms with Crippen molar-refractivity contribution < 1.29 is 4.74 Å². The Morgan fingerprint density at radius 1 is 0.949 bits per heavy atom. The molecule has 2 aliphatic heterocycles. The number of H-pyrrole nitrogens is 1. The number of hydrogen-bond donors (Lipinski definition) is 1. The molecule has 5 nitrogen and oxygen atoms in total. The number of fused-ring (bicyclic) bond motifs is 1. The van der Waals surface area contributed by atoms with E-state index < -0.39 is 0 Å². The highest BCUT2D eigenvalue weighted by Gasteiger charge is 2.20. The Kier molecular flexibility index (Phi) is 10.4. The number of benzene rings is 2. The third kappa shape index (κ3) is 8.09. The molecule has 2 aromatic carbocycles. The van der Waals surface area contributed by atoms with E-state index in [1.54, 1.807) is 0 Å². The fourth-order valence-corrected chi connectivity index (χ4v) is 6.49. The average Bonchev–Trinajstić information content (AvgIpc) is 3.39. The Hall–Kier alpha value is -2.34. The first-order valence-electron chi connectivity index (χ1n) is 15.1. The molecule has 0 radical (unpaired) electrons. The van der Waals surface area contributed by atoms with Gasteiger partial charge in [0.2, 0.25) is 0 Å². The van der Waals surface area contributed by atoms with Crippen LogP contribution in [-0.4, -0.2) is 59.0 Å². The van der Waals surface area contributed by atoms with Crippen LogP contribution in [0.25, 0.3) is 11.0 Å². The summed E-state index contributed by atoms with van der Waals surface area (Å²) in [5.41, 5.74) is 4.84. The van der Waals surface area contributed by atoms with Gasteiger partial charge in [-0.3, -0.25) is 0 Å². The van der Waals surface area contributed by atoms with Gasteiger partial charge in [-0.2, -0.15) is 0 Å². The van der Waals surface area contributed by atoms with Crippen molar-refractivity contribution in [2.24, 2.45) is 5.92 Å². The molecule has 2 aliphatic rings. The molecule has 0 saturated carbocycles. The van der Waals surface area contributed by atoms with Gasteiger partial charge in [-0.05, 0) is 138 Å². The third-order valence-electron chi connectivity index (χ3n) is 8.61.